The van der Waals surface area contributed by atoms with E-state index in [9.17, 15) is 4.79 Å². The Labute approximate surface area is 150 Å². The van der Waals surface area contributed by atoms with E-state index in [2.05, 4.69) is 5.16 Å². The van der Waals surface area contributed by atoms with E-state index >= 15 is 0 Å². The minimum atomic E-state index is -0.573. The summed E-state index contributed by atoms with van der Waals surface area (Å²) in [6.45, 7) is 0. The van der Waals surface area contributed by atoms with Crippen LogP contribution in [0.25, 0.3) is 11.1 Å². The molecular formula is C20H15ClN2O2. The topological polar surface area (TPSA) is 64.7 Å². The second-order valence-corrected chi connectivity index (χ2v) is 5.71. The molecule has 0 saturated heterocycles. The molecule has 25 heavy (non-hydrogen) atoms. The lowest BCUT2D eigenvalue weighted by Crippen LogP contribution is -2.15. The van der Waals surface area contributed by atoms with E-state index in [1.807, 2.05) is 42.5 Å². The first-order valence-electron chi connectivity index (χ1n) is 7.60. The summed E-state index contributed by atoms with van der Waals surface area (Å²) >= 11 is 5.83. The maximum Gasteiger partial charge on any atom is 0.366 e. The Bertz CT molecular complexity index is 906. The second-order valence-electron chi connectivity index (χ2n) is 5.27. The van der Waals surface area contributed by atoms with Gasteiger partial charge < -0.3 is 10.6 Å². The lowest BCUT2D eigenvalue weighted by molar-refractivity contribution is 0.0517. The van der Waals surface area contributed by atoms with Gasteiger partial charge in [-0.2, -0.15) is 0 Å². The molecule has 0 amide bonds. The van der Waals surface area contributed by atoms with Crippen LogP contribution in [0, 0.1) is 0 Å². The highest BCUT2D eigenvalue weighted by atomic mass is 35.5. The maximum absolute atomic E-state index is 12.4. The number of carbonyl (C=O) groups is 1. The van der Waals surface area contributed by atoms with E-state index in [4.69, 9.17) is 22.2 Å². The third kappa shape index (κ3) is 4.05. The Hall–Kier alpha value is -3.11. The van der Waals surface area contributed by atoms with Gasteiger partial charge in [-0.25, -0.2) is 4.79 Å². The van der Waals surface area contributed by atoms with E-state index in [1.165, 1.54) is 0 Å². The minimum absolute atomic E-state index is 0.0993. The fourth-order valence-corrected chi connectivity index (χ4v) is 2.47. The Kier molecular flexibility index (Phi) is 5.11. The third-order valence-corrected chi connectivity index (χ3v) is 3.85. The van der Waals surface area contributed by atoms with E-state index in [0.717, 1.165) is 11.1 Å². The highest BCUT2D eigenvalue weighted by Gasteiger charge is 2.14. The van der Waals surface area contributed by atoms with Crippen molar-refractivity contribution in [2.24, 2.45) is 10.9 Å². The minimum Gasteiger partial charge on any atom is -0.380 e. The molecular weight excluding hydrogens is 336 g/mol. The summed E-state index contributed by atoms with van der Waals surface area (Å²) in [5.41, 5.74) is 8.58. The third-order valence-electron chi connectivity index (χ3n) is 3.60. The van der Waals surface area contributed by atoms with Gasteiger partial charge >= 0.3 is 5.97 Å². The van der Waals surface area contributed by atoms with Gasteiger partial charge in [0.15, 0.2) is 5.84 Å². The van der Waals surface area contributed by atoms with E-state index in [1.54, 1.807) is 36.4 Å². The average molecular weight is 351 g/mol. The fourth-order valence-electron chi connectivity index (χ4n) is 2.34. The molecule has 0 aromatic heterocycles. The van der Waals surface area contributed by atoms with Gasteiger partial charge in [-0.3, -0.25) is 0 Å². The van der Waals surface area contributed by atoms with Crippen molar-refractivity contribution < 1.29 is 9.63 Å². The molecule has 3 aromatic carbocycles. The molecule has 0 spiro atoms. The lowest BCUT2D eigenvalue weighted by atomic mass is 10.00. The molecule has 0 fully saturated rings. The molecule has 0 atom stereocenters. The highest BCUT2D eigenvalue weighted by molar-refractivity contribution is 6.30. The molecule has 0 saturated carbocycles. The van der Waals surface area contributed by atoms with Crippen molar-refractivity contribution in [1.82, 2.24) is 0 Å². The first kappa shape index (κ1) is 16.7. The molecule has 0 unspecified atom stereocenters. The zero-order valence-electron chi connectivity index (χ0n) is 13.2. The lowest BCUT2D eigenvalue weighted by Gasteiger charge is -2.07. The van der Waals surface area contributed by atoms with E-state index in [0.29, 0.717) is 16.1 Å². The normalized spacial score (nSPS) is 11.2. The number of hydrogen-bond acceptors (Lipinski definition) is 3. The van der Waals surface area contributed by atoms with Gasteiger partial charge in [0.1, 0.15) is 0 Å². The molecule has 0 bridgehead atoms. The van der Waals surface area contributed by atoms with Gasteiger partial charge in [0.25, 0.3) is 0 Å². The quantitative estimate of drug-likeness (QED) is 0.326. The van der Waals surface area contributed by atoms with Gasteiger partial charge in [0.05, 0.1) is 5.56 Å². The molecule has 4 nitrogen and oxygen atoms in total. The zero-order chi connectivity index (χ0) is 17.6. The number of halogens is 1. The van der Waals surface area contributed by atoms with Gasteiger partial charge in [-0.15, -0.1) is 0 Å². The molecule has 0 aliphatic carbocycles. The predicted octanol–water partition coefficient (Wildman–Crippen LogP) is 4.48. The standard InChI is InChI=1S/C20H15ClN2O2/c21-16-12-10-15(11-13-16)19(22)23-25-20(24)18-9-5-4-8-17(18)14-6-2-1-3-7-14/h1-13H,(H2,22,23). The summed E-state index contributed by atoms with van der Waals surface area (Å²) < 4.78 is 0. The monoisotopic (exact) mass is 350 g/mol. The number of amidine groups is 1. The first-order valence-corrected chi connectivity index (χ1v) is 7.98. The van der Waals surface area contributed by atoms with Crippen LogP contribution in [0.3, 0.4) is 0 Å². The van der Waals surface area contributed by atoms with Crippen LogP contribution in [-0.2, 0) is 4.84 Å². The Morgan fingerprint density at radius 1 is 0.880 bits per heavy atom. The van der Waals surface area contributed by atoms with Crippen molar-refractivity contribution in [3.63, 3.8) is 0 Å². The van der Waals surface area contributed by atoms with Crippen molar-refractivity contribution in [2.75, 3.05) is 0 Å². The van der Waals surface area contributed by atoms with Crippen LogP contribution in [0.1, 0.15) is 15.9 Å². The highest BCUT2D eigenvalue weighted by Crippen LogP contribution is 2.24. The van der Waals surface area contributed by atoms with Gasteiger partial charge in [-0.1, -0.05) is 65.3 Å². The Morgan fingerprint density at radius 2 is 1.52 bits per heavy atom. The van der Waals surface area contributed by atoms with Crippen LogP contribution in [0.15, 0.2) is 84.0 Å². The van der Waals surface area contributed by atoms with Crippen molar-refractivity contribution in [1.29, 1.82) is 0 Å². The largest absolute Gasteiger partial charge is 0.380 e. The van der Waals surface area contributed by atoms with Gasteiger partial charge in [0.2, 0.25) is 0 Å². The predicted molar refractivity (Wildman–Crippen MR) is 99.5 cm³/mol. The number of oxime groups is 1. The smallest absolute Gasteiger partial charge is 0.366 e. The molecule has 3 rings (SSSR count). The molecule has 2 N–H and O–H groups in total. The first-order chi connectivity index (χ1) is 12.1. The molecule has 124 valence electrons. The molecule has 0 aliphatic rings. The summed E-state index contributed by atoms with van der Waals surface area (Å²) in [5, 5.41) is 4.33. The molecule has 0 aliphatic heterocycles. The molecule has 3 aromatic rings. The van der Waals surface area contributed by atoms with Crippen molar-refractivity contribution in [3.05, 3.63) is 95.0 Å². The van der Waals surface area contributed by atoms with E-state index < -0.39 is 5.97 Å². The van der Waals surface area contributed by atoms with Crippen LogP contribution in [0.5, 0.6) is 0 Å². The molecule has 5 heteroatoms. The summed E-state index contributed by atoms with van der Waals surface area (Å²) in [4.78, 5) is 17.5. The van der Waals surface area contributed by atoms with Gasteiger partial charge in [0, 0.05) is 10.6 Å². The van der Waals surface area contributed by atoms with Crippen LogP contribution in [0.2, 0.25) is 5.02 Å². The summed E-state index contributed by atoms with van der Waals surface area (Å²) in [6, 6.07) is 23.6. The van der Waals surface area contributed by atoms with Crippen LogP contribution >= 0.6 is 11.6 Å². The zero-order valence-corrected chi connectivity index (χ0v) is 14.0. The van der Waals surface area contributed by atoms with Crippen molar-refractivity contribution >= 4 is 23.4 Å². The number of nitrogens with zero attached hydrogens (tertiary/aromatic N) is 1. The maximum atomic E-state index is 12.4. The van der Waals surface area contributed by atoms with Crippen LogP contribution in [-0.4, -0.2) is 11.8 Å². The molecule has 0 heterocycles. The number of carbonyl (C=O) groups excluding carboxylic acids is 1. The number of nitrogens with two attached hydrogens (primary N) is 1. The summed E-state index contributed by atoms with van der Waals surface area (Å²) in [6.07, 6.45) is 0. The summed E-state index contributed by atoms with van der Waals surface area (Å²) in [7, 11) is 0. The Balaban J connectivity index is 1.82. The van der Waals surface area contributed by atoms with Gasteiger partial charge in [-0.05, 0) is 41.5 Å². The number of benzene rings is 3. The average Bonchev–Trinajstić information content (AvgIpc) is 2.67. The van der Waals surface area contributed by atoms with Crippen LogP contribution in [0.4, 0.5) is 0 Å². The van der Waals surface area contributed by atoms with Crippen molar-refractivity contribution in [3.8, 4) is 11.1 Å². The fraction of sp³-hybridized carbons (Fsp3) is 0. The second kappa shape index (κ2) is 7.64. The Morgan fingerprint density at radius 3 is 2.24 bits per heavy atom. The van der Waals surface area contributed by atoms with E-state index in [-0.39, 0.29) is 5.84 Å². The van der Waals surface area contributed by atoms with Crippen molar-refractivity contribution in [2.45, 2.75) is 0 Å². The van der Waals surface area contributed by atoms with Crippen LogP contribution < -0.4 is 5.73 Å². The number of rotatable bonds is 4. The molecule has 0 radical (unpaired) electrons. The SMILES string of the molecule is NC(=NOC(=O)c1ccccc1-c1ccccc1)c1ccc(Cl)cc1. The number of hydrogen-bond donors (Lipinski definition) is 1. The summed E-state index contributed by atoms with van der Waals surface area (Å²) in [5.74, 6) is -0.474.